The van der Waals surface area contributed by atoms with E-state index < -0.39 is 0 Å². The Kier molecular flexibility index (Phi) is 5.29. The Balaban J connectivity index is 0.00000196. The van der Waals surface area contributed by atoms with E-state index in [0.29, 0.717) is 31.5 Å². The predicted molar refractivity (Wildman–Crippen MR) is 100 cm³/mol. The number of piperazine rings is 1. The van der Waals surface area contributed by atoms with Crippen LogP contribution < -0.4 is 10.6 Å². The summed E-state index contributed by atoms with van der Waals surface area (Å²) in [6.45, 7) is 2.11. The van der Waals surface area contributed by atoms with Crippen molar-refractivity contribution in [3.8, 4) is 0 Å². The van der Waals surface area contributed by atoms with Gasteiger partial charge in [0.05, 0.1) is 0 Å². The van der Waals surface area contributed by atoms with Crippen LogP contribution in [0.4, 0.5) is 5.69 Å². The number of benzene rings is 1. The van der Waals surface area contributed by atoms with Gasteiger partial charge in [-0.3, -0.25) is 9.59 Å². The molecule has 1 saturated heterocycles. The number of nitrogens with zero attached hydrogens (tertiary/aromatic N) is 3. The van der Waals surface area contributed by atoms with Crippen LogP contribution >= 0.6 is 12.4 Å². The minimum atomic E-state index is -0.0861. The van der Waals surface area contributed by atoms with E-state index in [9.17, 15) is 9.59 Å². The number of carbonyl (C=O) groups is 2. The van der Waals surface area contributed by atoms with Crippen molar-refractivity contribution in [2.75, 3.05) is 25.0 Å². The summed E-state index contributed by atoms with van der Waals surface area (Å²) in [5, 5.41) is 6.20. The van der Waals surface area contributed by atoms with Crippen molar-refractivity contribution < 1.29 is 9.59 Å². The van der Waals surface area contributed by atoms with E-state index in [1.165, 1.54) is 0 Å². The molecule has 0 bridgehead atoms. The molecule has 7 nitrogen and oxygen atoms in total. The molecule has 138 valence electrons. The predicted octanol–water partition coefficient (Wildman–Crippen LogP) is 1.51. The fraction of sp³-hybridized carbons (Fsp3) is 0.389. The van der Waals surface area contributed by atoms with Crippen LogP contribution in [0.25, 0.3) is 0 Å². The fourth-order valence-electron chi connectivity index (χ4n) is 3.56. The third-order valence-electron chi connectivity index (χ3n) is 4.91. The van der Waals surface area contributed by atoms with Crippen LogP contribution in [-0.2, 0) is 18.3 Å². The lowest BCUT2D eigenvalue weighted by Crippen LogP contribution is -2.49. The Hall–Kier alpha value is -2.38. The van der Waals surface area contributed by atoms with Gasteiger partial charge in [-0.25, -0.2) is 4.98 Å². The Morgan fingerprint density at radius 3 is 2.92 bits per heavy atom. The third-order valence-corrected chi connectivity index (χ3v) is 4.91. The van der Waals surface area contributed by atoms with Gasteiger partial charge in [0.2, 0.25) is 5.91 Å². The summed E-state index contributed by atoms with van der Waals surface area (Å²) in [4.78, 5) is 31.0. The Labute approximate surface area is 158 Å². The molecule has 0 radical (unpaired) electrons. The highest BCUT2D eigenvalue weighted by Crippen LogP contribution is 2.27. The maximum atomic E-state index is 13.1. The van der Waals surface area contributed by atoms with Gasteiger partial charge in [0.25, 0.3) is 5.91 Å². The molecular weight excluding hydrogens is 354 g/mol. The Morgan fingerprint density at radius 1 is 1.31 bits per heavy atom. The first-order valence-corrected chi connectivity index (χ1v) is 8.55. The standard InChI is InChI=1S/C18H21N5O2.ClH/c1-22-8-7-20-17(22)15-11-19-6-9-23(15)18(25)13-2-4-14-12(10-13)3-5-16(24)21-14;/h2,4,7-8,10,15,19H,3,5-6,9,11H2,1H3,(H,21,24);1H. The number of aromatic nitrogens is 2. The van der Waals surface area contributed by atoms with Crippen LogP contribution in [0.15, 0.2) is 30.6 Å². The Morgan fingerprint density at radius 2 is 2.15 bits per heavy atom. The normalized spacial score (nSPS) is 19.3. The molecule has 26 heavy (non-hydrogen) atoms. The quantitative estimate of drug-likeness (QED) is 0.834. The SMILES string of the molecule is Cl.Cn1ccnc1C1CNCCN1C(=O)c1ccc2c(c1)CCC(=O)N2. The minimum Gasteiger partial charge on any atom is -0.336 e. The van der Waals surface area contributed by atoms with E-state index in [1.807, 2.05) is 34.8 Å². The van der Waals surface area contributed by atoms with Gasteiger partial charge in [-0.15, -0.1) is 12.4 Å². The molecule has 2 aromatic rings. The number of anilines is 1. The van der Waals surface area contributed by atoms with Crippen molar-refractivity contribution in [2.45, 2.75) is 18.9 Å². The molecule has 3 heterocycles. The highest BCUT2D eigenvalue weighted by atomic mass is 35.5. The van der Waals surface area contributed by atoms with Gasteiger partial charge in [0.15, 0.2) is 0 Å². The number of amides is 2. The molecule has 2 aliphatic rings. The summed E-state index contributed by atoms with van der Waals surface area (Å²) in [7, 11) is 1.95. The van der Waals surface area contributed by atoms with E-state index in [2.05, 4.69) is 15.6 Å². The maximum absolute atomic E-state index is 13.1. The van der Waals surface area contributed by atoms with Crippen LogP contribution in [0.2, 0.25) is 0 Å². The van der Waals surface area contributed by atoms with Crippen LogP contribution in [0, 0.1) is 0 Å². The van der Waals surface area contributed by atoms with Crippen molar-refractivity contribution in [3.63, 3.8) is 0 Å². The molecular formula is C18H22ClN5O2. The molecule has 2 aliphatic heterocycles. The molecule has 1 aromatic heterocycles. The van der Waals surface area contributed by atoms with Crippen molar-refractivity contribution >= 4 is 29.9 Å². The number of rotatable bonds is 2. The van der Waals surface area contributed by atoms with Crippen molar-refractivity contribution in [1.82, 2.24) is 19.8 Å². The molecule has 4 rings (SSSR count). The zero-order valence-corrected chi connectivity index (χ0v) is 15.4. The van der Waals surface area contributed by atoms with E-state index >= 15 is 0 Å². The van der Waals surface area contributed by atoms with E-state index in [-0.39, 0.29) is 30.3 Å². The minimum absolute atomic E-state index is 0. The molecule has 1 atom stereocenters. The maximum Gasteiger partial charge on any atom is 0.254 e. The van der Waals surface area contributed by atoms with Crippen molar-refractivity contribution in [1.29, 1.82) is 0 Å². The lowest BCUT2D eigenvalue weighted by atomic mass is 9.99. The largest absolute Gasteiger partial charge is 0.336 e. The topological polar surface area (TPSA) is 79.3 Å². The monoisotopic (exact) mass is 375 g/mol. The molecule has 0 saturated carbocycles. The molecule has 2 N–H and O–H groups in total. The van der Waals surface area contributed by atoms with Crippen molar-refractivity contribution in [2.24, 2.45) is 7.05 Å². The zero-order chi connectivity index (χ0) is 17.4. The van der Waals surface area contributed by atoms with Gasteiger partial charge in [0, 0.05) is 56.7 Å². The Bertz CT molecular complexity index is 835. The van der Waals surface area contributed by atoms with Crippen molar-refractivity contribution in [3.05, 3.63) is 47.5 Å². The molecule has 1 aromatic carbocycles. The number of fused-ring (bicyclic) bond motifs is 1. The fourth-order valence-corrected chi connectivity index (χ4v) is 3.56. The first kappa shape index (κ1) is 18.4. The molecule has 1 fully saturated rings. The molecule has 2 amide bonds. The van der Waals surface area contributed by atoms with Gasteiger partial charge >= 0.3 is 0 Å². The van der Waals surface area contributed by atoms with Gasteiger partial charge in [-0.1, -0.05) is 0 Å². The number of nitrogens with one attached hydrogen (secondary N) is 2. The zero-order valence-electron chi connectivity index (χ0n) is 14.6. The first-order chi connectivity index (χ1) is 12.1. The summed E-state index contributed by atoms with van der Waals surface area (Å²) in [6, 6.07) is 5.45. The first-order valence-electron chi connectivity index (χ1n) is 8.55. The van der Waals surface area contributed by atoms with Crippen LogP contribution in [0.3, 0.4) is 0 Å². The van der Waals surface area contributed by atoms with E-state index in [1.54, 1.807) is 12.3 Å². The summed E-state index contributed by atoms with van der Waals surface area (Å²) in [6.07, 6.45) is 4.79. The average Bonchev–Trinajstić information content (AvgIpc) is 3.06. The molecule has 1 unspecified atom stereocenters. The van der Waals surface area contributed by atoms with E-state index in [0.717, 1.165) is 23.6 Å². The summed E-state index contributed by atoms with van der Waals surface area (Å²) in [5.74, 6) is 0.920. The molecule has 8 heteroatoms. The second kappa shape index (κ2) is 7.47. The van der Waals surface area contributed by atoms with Gasteiger partial charge in [-0.05, 0) is 30.2 Å². The second-order valence-corrected chi connectivity index (χ2v) is 6.53. The summed E-state index contributed by atoms with van der Waals surface area (Å²) < 4.78 is 1.96. The number of imidazole rings is 1. The highest BCUT2D eigenvalue weighted by Gasteiger charge is 2.31. The van der Waals surface area contributed by atoms with Crippen LogP contribution in [0.5, 0.6) is 0 Å². The van der Waals surface area contributed by atoms with Gasteiger partial charge in [0.1, 0.15) is 11.9 Å². The van der Waals surface area contributed by atoms with Gasteiger partial charge < -0.3 is 20.1 Å². The van der Waals surface area contributed by atoms with Crippen LogP contribution in [-0.4, -0.2) is 45.9 Å². The van der Waals surface area contributed by atoms with E-state index in [4.69, 9.17) is 0 Å². The highest BCUT2D eigenvalue weighted by molar-refractivity contribution is 5.98. The summed E-state index contributed by atoms with van der Waals surface area (Å²) in [5.41, 5.74) is 2.50. The number of hydrogen-bond acceptors (Lipinski definition) is 4. The lowest BCUT2D eigenvalue weighted by molar-refractivity contribution is -0.116. The number of carbonyl (C=O) groups excluding carboxylic acids is 2. The second-order valence-electron chi connectivity index (χ2n) is 6.53. The van der Waals surface area contributed by atoms with Crippen LogP contribution in [0.1, 0.15) is 34.2 Å². The lowest BCUT2D eigenvalue weighted by Gasteiger charge is -2.36. The number of aryl methyl sites for hydroxylation is 2. The molecule has 0 aliphatic carbocycles. The smallest absolute Gasteiger partial charge is 0.254 e. The third kappa shape index (κ3) is 3.32. The van der Waals surface area contributed by atoms with Gasteiger partial charge in [-0.2, -0.15) is 0 Å². The summed E-state index contributed by atoms with van der Waals surface area (Å²) >= 11 is 0. The number of halogens is 1. The number of hydrogen-bond donors (Lipinski definition) is 2. The average molecular weight is 376 g/mol. The molecule has 0 spiro atoms.